The molecule has 1 unspecified atom stereocenters. The minimum atomic E-state index is -0.277. The van der Waals surface area contributed by atoms with Crippen LogP contribution in [0.15, 0.2) is 24.3 Å². The SMILES string of the molecule is Cl.NCC1CN(CC(=O)NCc2ccc(F)cc2)CCO1. The van der Waals surface area contributed by atoms with Gasteiger partial charge < -0.3 is 15.8 Å². The molecule has 1 heterocycles. The Hall–Kier alpha value is -1.21. The highest BCUT2D eigenvalue weighted by Crippen LogP contribution is 2.04. The lowest BCUT2D eigenvalue weighted by Crippen LogP contribution is -2.48. The number of hydrogen-bond acceptors (Lipinski definition) is 4. The molecule has 5 nitrogen and oxygen atoms in total. The maximum atomic E-state index is 12.7. The van der Waals surface area contributed by atoms with Crippen molar-refractivity contribution in [2.45, 2.75) is 12.6 Å². The average molecular weight is 318 g/mol. The van der Waals surface area contributed by atoms with Gasteiger partial charge in [-0.2, -0.15) is 0 Å². The van der Waals surface area contributed by atoms with Crippen molar-refractivity contribution in [2.24, 2.45) is 5.73 Å². The van der Waals surface area contributed by atoms with Gasteiger partial charge in [0.25, 0.3) is 0 Å². The summed E-state index contributed by atoms with van der Waals surface area (Å²) in [5.41, 5.74) is 6.44. The van der Waals surface area contributed by atoms with Gasteiger partial charge in [-0.25, -0.2) is 4.39 Å². The van der Waals surface area contributed by atoms with Crippen molar-refractivity contribution in [3.05, 3.63) is 35.6 Å². The van der Waals surface area contributed by atoms with E-state index in [1.54, 1.807) is 12.1 Å². The van der Waals surface area contributed by atoms with Crippen LogP contribution in [-0.4, -0.2) is 49.7 Å². The molecule has 2 rings (SSSR count). The molecule has 1 aromatic rings. The zero-order valence-electron chi connectivity index (χ0n) is 11.8. The number of morpholine rings is 1. The highest BCUT2D eigenvalue weighted by molar-refractivity contribution is 5.85. The second kappa shape index (κ2) is 8.94. The van der Waals surface area contributed by atoms with E-state index in [1.807, 2.05) is 4.90 Å². The summed E-state index contributed by atoms with van der Waals surface area (Å²) in [6.45, 7) is 3.23. The quantitative estimate of drug-likeness (QED) is 0.831. The molecule has 7 heteroatoms. The number of ether oxygens (including phenoxy) is 1. The predicted molar refractivity (Wildman–Crippen MR) is 80.7 cm³/mol. The number of nitrogens with one attached hydrogen (secondary N) is 1. The number of hydrogen-bond donors (Lipinski definition) is 2. The third-order valence-electron chi connectivity index (χ3n) is 3.26. The van der Waals surface area contributed by atoms with Gasteiger partial charge in [-0.3, -0.25) is 9.69 Å². The van der Waals surface area contributed by atoms with Crippen molar-refractivity contribution < 1.29 is 13.9 Å². The smallest absolute Gasteiger partial charge is 0.234 e. The minimum Gasteiger partial charge on any atom is -0.374 e. The highest BCUT2D eigenvalue weighted by atomic mass is 35.5. The van der Waals surface area contributed by atoms with Gasteiger partial charge in [0, 0.05) is 26.2 Å². The minimum absolute atomic E-state index is 0. The molecule has 0 radical (unpaired) electrons. The van der Waals surface area contributed by atoms with Gasteiger partial charge in [-0.15, -0.1) is 12.4 Å². The molecule has 1 aliphatic rings. The van der Waals surface area contributed by atoms with Crippen LogP contribution in [0, 0.1) is 5.82 Å². The topological polar surface area (TPSA) is 67.6 Å². The summed E-state index contributed by atoms with van der Waals surface area (Å²) in [5.74, 6) is -0.326. The van der Waals surface area contributed by atoms with Crippen LogP contribution in [-0.2, 0) is 16.1 Å². The fraction of sp³-hybridized carbons (Fsp3) is 0.500. The standard InChI is InChI=1S/C14H20FN3O2.ClH/c15-12-3-1-11(2-4-12)8-17-14(19)10-18-5-6-20-13(7-16)9-18;/h1-4,13H,5-10,16H2,(H,17,19);1H. The largest absolute Gasteiger partial charge is 0.374 e. The van der Waals surface area contributed by atoms with Crippen LogP contribution in [0.2, 0.25) is 0 Å². The molecule has 1 amide bonds. The van der Waals surface area contributed by atoms with E-state index >= 15 is 0 Å². The first-order valence-electron chi connectivity index (χ1n) is 6.72. The van der Waals surface area contributed by atoms with Crippen LogP contribution >= 0.6 is 12.4 Å². The van der Waals surface area contributed by atoms with E-state index in [0.29, 0.717) is 32.8 Å². The number of nitrogens with zero attached hydrogens (tertiary/aromatic N) is 1. The molecule has 21 heavy (non-hydrogen) atoms. The van der Waals surface area contributed by atoms with Crippen LogP contribution in [0.4, 0.5) is 4.39 Å². The Kier molecular flexibility index (Phi) is 7.60. The average Bonchev–Trinajstić information content (AvgIpc) is 2.47. The maximum absolute atomic E-state index is 12.7. The van der Waals surface area contributed by atoms with E-state index in [-0.39, 0.29) is 30.2 Å². The van der Waals surface area contributed by atoms with Crippen LogP contribution in [0.5, 0.6) is 0 Å². The number of halogens is 2. The molecule has 1 aromatic carbocycles. The number of rotatable bonds is 5. The number of nitrogens with two attached hydrogens (primary N) is 1. The molecule has 0 saturated carbocycles. The Bertz CT molecular complexity index is 444. The predicted octanol–water partition coefficient (Wildman–Crippen LogP) is 0.523. The van der Waals surface area contributed by atoms with E-state index in [0.717, 1.165) is 12.1 Å². The van der Waals surface area contributed by atoms with Crippen LogP contribution in [0.1, 0.15) is 5.56 Å². The third kappa shape index (κ3) is 5.97. The molecule has 1 atom stereocenters. The van der Waals surface area contributed by atoms with Gasteiger partial charge in [0.1, 0.15) is 5.82 Å². The van der Waals surface area contributed by atoms with Crippen LogP contribution in [0.3, 0.4) is 0 Å². The molecule has 0 aromatic heterocycles. The fourth-order valence-corrected chi connectivity index (χ4v) is 2.13. The van der Waals surface area contributed by atoms with Gasteiger partial charge in [-0.1, -0.05) is 12.1 Å². The highest BCUT2D eigenvalue weighted by Gasteiger charge is 2.20. The Morgan fingerprint density at radius 3 is 2.81 bits per heavy atom. The zero-order chi connectivity index (χ0) is 14.4. The van der Waals surface area contributed by atoms with Crippen LogP contribution < -0.4 is 11.1 Å². The first-order valence-corrected chi connectivity index (χ1v) is 6.72. The van der Waals surface area contributed by atoms with E-state index in [2.05, 4.69) is 5.32 Å². The molecule has 3 N–H and O–H groups in total. The summed E-state index contributed by atoms with van der Waals surface area (Å²) in [4.78, 5) is 13.9. The first kappa shape index (κ1) is 17.8. The van der Waals surface area contributed by atoms with Gasteiger partial charge >= 0.3 is 0 Å². The monoisotopic (exact) mass is 317 g/mol. The molecule has 1 fully saturated rings. The van der Waals surface area contributed by atoms with E-state index in [9.17, 15) is 9.18 Å². The lowest BCUT2D eigenvalue weighted by atomic mass is 10.2. The second-order valence-electron chi connectivity index (χ2n) is 4.87. The Balaban J connectivity index is 0.00000220. The third-order valence-corrected chi connectivity index (χ3v) is 3.26. The van der Waals surface area contributed by atoms with E-state index in [1.165, 1.54) is 12.1 Å². The summed E-state index contributed by atoms with van der Waals surface area (Å²) in [6, 6.07) is 6.09. The van der Waals surface area contributed by atoms with Gasteiger partial charge in [-0.05, 0) is 17.7 Å². The van der Waals surface area contributed by atoms with E-state index < -0.39 is 0 Å². The summed E-state index contributed by atoms with van der Waals surface area (Å²) in [6.07, 6.45) is 0.00801. The fourth-order valence-electron chi connectivity index (χ4n) is 2.13. The Morgan fingerprint density at radius 1 is 1.43 bits per heavy atom. The maximum Gasteiger partial charge on any atom is 0.234 e. The zero-order valence-corrected chi connectivity index (χ0v) is 12.6. The molecular formula is C14H21ClFN3O2. The van der Waals surface area contributed by atoms with Gasteiger partial charge in [0.2, 0.25) is 5.91 Å². The normalized spacial score (nSPS) is 18.9. The van der Waals surface area contributed by atoms with Crippen molar-refractivity contribution in [1.29, 1.82) is 0 Å². The van der Waals surface area contributed by atoms with Crippen molar-refractivity contribution in [1.82, 2.24) is 10.2 Å². The Morgan fingerprint density at radius 2 is 2.14 bits per heavy atom. The second-order valence-corrected chi connectivity index (χ2v) is 4.87. The lowest BCUT2D eigenvalue weighted by Gasteiger charge is -2.31. The number of carbonyl (C=O) groups is 1. The molecule has 0 bridgehead atoms. The molecule has 118 valence electrons. The summed E-state index contributed by atoms with van der Waals surface area (Å²) in [5, 5.41) is 2.82. The number of carbonyl (C=O) groups excluding carboxylic acids is 1. The summed E-state index contributed by atoms with van der Waals surface area (Å²) < 4.78 is 18.2. The number of amides is 1. The van der Waals surface area contributed by atoms with Crippen molar-refractivity contribution in [3.8, 4) is 0 Å². The molecular weight excluding hydrogens is 297 g/mol. The molecule has 1 saturated heterocycles. The van der Waals surface area contributed by atoms with E-state index in [4.69, 9.17) is 10.5 Å². The van der Waals surface area contributed by atoms with Crippen LogP contribution in [0.25, 0.3) is 0 Å². The number of benzene rings is 1. The van der Waals surface area contributed by atoms with Crippen molar-refractivity contribution >= 4 is 18.3 Å². The molecule has 1 aliphatic heterocycles. The summed E-state index contributed by atoms with van der Waals surface area (Å²) >= 11 is 0. The summed E-state index contributed by atoms with van der Waals surface area (Å²) in [7, 11) is 0. The molecule has 0 aliphatic carbocycles. The van der Waals surface area contributed by atoms with Crippen molar-refractivity contribution in [2.75, 3.05) is 32.8 Å². The van der Waals surface area contributed by atoms with Gasteiger partial charge in [0.05, 0.1) is 19.3 Å². The van der Waals surface area contributed by atoms with Gasteiger partial charge in [0.15, 0.2) is 0 Å². The van der Waals surface area contributed by atoms with Crippen molar-refractivity contribution in [3.63, 3.8) is 0 Å². The lowest BCUT2D eigenvalue weighted by molar-refractivity contribution is -0.124. The first-order chi connectivity index (χ1) is 9.67. The Labute approximate surface area is 130 Å². The molecule has 0 spiro atoms.